The van der Waals surface area contributed by atoms with Crippen LogP contribution in [-0.2, 0) is 4.79 Å². The molecule has 0 aromatic rings. The van der Waals surface area contributed by atoms with Crippen molar-refractivity contribution in [3.8, 4) is 0 Å². The van der Waals surface area contributed by atoms with Crippen molar-refractivity contribution < 1.29 is 4.79 Å². The summed E-state index contributed by atoms with van der Waals surface area (Å²) < 4.78 is 0. The topological polar surface area (TPSA) is 17.1 Å². The Morgan fingerprint density at radius 1 is 1.50 bits per heavy atom. The zero-order chi connectivity index (χ0) is 5.70. The third-order valence-electron chi connectivity index (χ3n) is 0.507. The second-order valence-corrected chi connectivity index (χ2v) is 1.95. The Kier molecular flexibility index (Phi) is 10.7. The summed E-state index contributed by atoms with van der Waals surface area (Å²) in [7, 11) is 0. The van der Waals surface area contributed by atoms with E-state index in [1.54, 1.807) is 0 Å². The number of rotatable bonds is 3. The largest absolute Gasteiger partial charge is 0.281 e. The minimum absolute atomic E-state index is 0. The van der Waals surface area contributed by atoms with Gasteiger partial charge in [-0.25, -0.2) is 0 Å². The molecule has 0 spiro atoms. The highest BCUT2D eigenvalue weighted by atomic mass is 35.5. The van der Waals surface area contributed by atoms with E-state index in [-0.39, 0.29) is 17.6 Å². The molecular formula is C4H7Cl3O. The molecule has 8 heavy (non-hydrogen) atoms. The van der Waals surface area contributed by atoms with Crippen molar-refractivity contribution in [1.82, 2.24) is 0 Å². The molecule has 0 bridgehead atoms. The quantitative estimate of drug-likeness (QED) is 0.477. The number of carbonyl (C=O) groups is 1. The molecule has 0 aliphatic rings. The van der Waals surface area contributed by atoms with Gasteiger partial charge in [-0.15, -0.1) is 24.0 Å². The van der Waals surface area contributed by atoms with Gasteiger partial charge in [0, 0.05) is 12.3 Å². The van der Waals surface area contributed by atoms with E-state index in [0.717, 1.165) is 0 Å². The molecule has 0 unspecified atom stereocenters. The first-order valence-electron chi connectivity index (χ1n) is 2.01. The van der Waals surface area contributed by atoms with Crippen molar-refractivity contribution in [2.45, 2.75) is 12.8 Å². The molecule has 0 aliphatic heterocycles. The van der Waals surface area contributed by atoms with E-state index in [1.165, 1.54) is 0 Å². The Morgan fingerprint density at radius 3 is 2.12 bits per heavy atom. The van der Waals surface area contributed by atoms with Crippen LogP contribution >= 0.6 is 35.6 Å². The fourth-order valence-corrected chi connectivity index (χ4v) is 0.473. The van der Waals surface area contributed by atoms with E-state index in [9.17, 15) is 4.79 Å². The molecule has 4 heteroatoms. The fourth-order valence-electron chi connectivity index (χ4n) is 0.206. The molecule has 1 nitrogen and oxygen atoms in total. The first-order valence-corrected chi connectivity index (χ1v) is 2.93. The van der Waals surface area contributed by atoms with Gasteiger partial charge in [0.15, 0.2) is 0 Å². The van der Waals surface area contributed by atoms with Crippen molar-refractivity contribution in [1.29, 1.82) is 0 Å². The lowest BCUT2D eigenvalue weighted by molar-refractivity contribution is -0.111. The van der Waals surface area contributed by atoms with E-state index < -0.39 is 0 Å². The van der Waals surface area contributed by atoms with Gasteiger partial charge < -0.3 is 0 Å². The molecule has 0 fully saturated rings. The van der Waals surface area contributed by atoms with Gasteiger partial charge in [0.2, 0.25) is 5.24 Å². The summed E-state index contributed by atoms with van der Waals surface area (Å²) in [5.74, 6) is 0.512. The molecule has 0 aromatic carbocycles. The molecule has 0 aromatic heterocycles. The van der Waals surface area contributed by atoms with Gasteiger partial charge >= 0.3 is 0 Å². The minimum atomic E-state index is -0.305. The predicted molar refractivity (Wildman–Crippen MR) is 38.1 cm³/mol. The molecule has 0 saturated carbocycles. The predicted octanol–water partition coefficient (Wildman–Crippen LogP) is 2.19. The van der Waals surface area contributed by atoms with E-state index in [1.807, 2.05) is 0 Å². The van der Waals surface area contributed by atoms with Gasteiger partial charge in [-0.3, -0.25) is 4.79 Å². The molecule has 50 valence electrons. The number of alkyl halides is 1. The Bertz CT molecular complexity index is 64.3. The number of hydrogen-bond acceptors (Lipinski definition) is 1. The molecule has 0 aliphatic carbocycles. The van der Waals surface area contributed by atoms with Crippen molar-refractivity contribution in [3.05, 3.63) is 0 Å². The van der Waals surface area contributed by atoms with Crippen LogP contribution in [0.2, 0.25) is 0 Å². The monoisotopic (exact) mass is 176 g/mol. The van der Waals surface area contributed by atoms with Crippen LogP contribution in [0.5, 0.6) is 0 Å². The SMILES string of the molecule is Cl.O=C(Cl)CCCCl. The summed E-state index contributed by atoms with van der Waals surface area (Å²) in [6.07, 6.45) is 1.08. The lowest BCUT2D eigenvalue weighted by Crippen LogP contribution is -1.84. The van der Waals surface area contributed by atoms with E-state index in [0.29, 0.717) is 18.7 Å². The fraction of sp³-hybridized carbons (Fsp3) is 0.750. The van der Waals surface area contributed by atoms with Crippen LogP contribution in [0.15, 0.2) is 0 Å². The van der Waals surface area contributed by atoms with Crippen LogP contribution in [0, 0.1) is 0 Å². The molecule has 0 saturated heterocycles. The van der Waals surface area contributed by atoms with E-state index in [2.05, 4.69) is 0 Å². The summed E-state index contributed by atoms with van der Waals surface area (Å²) in [5, 5.41) is -0.305. The zero-order valence-corrected chi connectivity index (χ0v) is 6.52. The van der Waals surface area contributed by atoms with Crippen molar-refractivity contribution >= 4 is 40.9 Å². The second-order valence-electron chi connectivity index (χ2n) is 1.15. The van der Waals surface area contributed by atoms with Crippen LogP contribution in [0.3, 0.4) is 0 Å². The first kappa shape index (κ1) is 11.4. The molecule has 0 rings (SSSR count). The molecule has 0 atom stereocenters. The average molecular weight is 177 g/mol. The average Bonchev–Trinajstić information content (AvgIpc) is 1.61. The maximum Gasteiger partial charge on any atom is 0.221 e. The summed E-state index contributed by atoms with van der Waals surface area (Å²) >= 11 is 10.2. The van der Waals surface area contributed by atoms with Crippen molar-refractivity contribution in [3.63, 3.8) is 0 Å². The molecule has 0 N–H and O–H groups in total. The highest BCUT2D eigenvalue weighted by molar-refractivity contribution is 6.63. The van der Waals surface area contributed by atoms with Gasteiger partial charge in [-0.2, -0.15) is 0 Å². The normalized spacial score (nSPS) is 7.75. The van der Waals surface area contributed by atoms with Gasteiger partial charge in [-0.05, 0) is 18.0 Å². The van der Waals surface area contributed by atoms with E-state index >= 15 is 0 Å². The standard InChI is InChI=1S/C4H6Cl2O.ClH/c5-3-1-2-4(6)7;/h1-3H2;1H. The third kappa shape index (κ3) is 9.74. The molecule has 0 heterocycles. The van der Waals surface area contributed by atoms with Gasteiger partial charge in [-0.1, -0.05) is 0 Å². The third-order valence-corrected chi connectivity index (χ3v) is 0.963. The molecule has 0 radical (unpaired) electrons. The maximum absolute atomic E-state index is 9.91. The summed E-state index contributed by atoms with van der Waals surface area (Å²) in [6, 6.07) is 0. The van der Waals surface area contributed by atoms with Gasteiger partial charge in [0.05, 0.1) is 0 Å². The summed E-state index contributed by atoms with van der Waals surface area (Å²) in [6.45, 7) is 0. The van der Waals surface area contributed by atoms with Crippen LogP contribution in [0.1, 0.15) is 12.8 Å². The minimum Gasteiger partial charge on any atom is -0.281 e. The Morgan fingerprint density at radius 2 is 2.00 bits per heavy atom. The van der Waals surface area contributed by atoms with Gasteiger partial charge in [0.1, 0.15) is 0 Å². The highest BCUT2D eigenvalue weighted by Gasteiger charge is 1.91. The smallest absolute Gasteiger partial charge is 0.221 e. The highest BCUT2D eigenvalue weighted by Crippen LogP contribution is 1.94. The Balaban J connectivity index is 0. The van der Waals surface area contributed by atoms with Gasteiger partial charge in [0.25, 0.3) is 0 Å². The summed E-state index contributed by atoms with van der Waals surface area (Å²) in [5.41, 5.74) is 0. The maximum atomic E-state index is 9.91. The van der Waals surface area contributed by atoms with Crippen LogP contribution in [0.25, 0.3) is 0 Å². The number of halogens is 3. The zero-order valence-electron chi connectivity index (χ0n) is 4.19. The summed E-state index contributed by atoms with van der Waals surface area (Å²) in [4.78, 5) is 9.91. The number of carbonyl (C=O) groups excluding carboxylic acids is 1. The molecule has 0 amide bonds. The number of hydrogen-bond donors (Lipinski definition) is 0. The Hall–Kier alpha value is 0.540. The molecular weight excluding hydrogens is 170 g/mol. The Labute approximate surface area is 64.8 Å². The van der Waals surface area contributed by atoms with Crippen LogP contribution in [-0.4, -0.2) is 11.1 Å². The second kappa shape index (κ2) is 7.54. The van der Waals surface area contributed by atoms with Crippen LogP contribution in [0.4, 0.5) is 0 Å². The first-order chi connectivity index (χ1) is 3.27. The lowest BCUT2D eigenvalue weighted by Gasteiger charge is -1.83. The van der Waals surface area contributed by atoms with Crippen molar-refractivity contribution in [2.24, 2.45) is 0 Å². The van der Waals surface area contributed by atoms with Crippen molar-refractivity contribution in [2.75, 3.05) is 5.88 Å². The van der Waals surface area contributed by atoms with E-state index in [4.69, 9.17) is 23.2 Å². The lowest BCUT2D eigenvalue weighted by atomic mass is 10.4. The van der Waals surface area contributed by atoms with Crippen LogP contribution < -0.4 is 0 Å².